The van der Waals surface area contributed by atoms with Crippen LogP contribution in [0.5, 0.6) is 0 Å². The maximum atomic E-state index is 11.4. The fourth-order valence-corrected chi connectivity index (χ4v) is 2.16. The van der Waals surface area contributed by atoms with Gasteiger partial charge in [0.25, 0.3) is 0 Å². The number of nitrogens with one attached hydrogen (secondary N) is 2. The van der Waals surface area contributed by atoms with Crippen LogP contribution in [0.3, 0.4) is 0 Å². The van der Waals surface area contributed by atoms with E-state index in [1.165, 1.54) is 0 Å². The van der Waals surface area contributed by atoms with Gasteiger partial charge in [-0.2, -0.15) is 8.42 Å². The highest BCUT2D eigenvalue weighted by atomic mass is 32.2. The first kappa shape index (κ1) is 15.3. The van der Waals surface area contributed by atoms with Crippen molar-refractivity contribution < 1.29 is 8.42 Å². The summed E-state index contributed by atoms with van der Waals surface area (Å²) in [6.07, 6.45) is 1.94. The third-order valence-corrected chi connectivity index (χ3v) is 4.01. The summed E-state index contributed by atoms with van der Waals surface area (Å²) in [5.74, 6) is 0.536. The fourth-order valence-electron chi connectivity index (χ4n) is 1.19. The van der Waals surface area contributed by atoms with E-state index in [0.717, 1.165) is 0 Å². The van der Waals surface area contributed by atoms with Crippen molar-refractivity contribution in [3.8, 4) is 0 Å². The Morgan fingerprint density at radius 3 is 1.83 bits per heavy atom. The van der Waals surface area contributed by atoms with Crippen molar-refractivity contribution in [2.75, 3.05) is 6.26 Å². The van der Waals surface area contributed by atoms with Crippen LogP contribution in [0.4, 0.5) is 0 Å². The molecule has 0 radical (unpaired) electrons. The van der Waals surface area contributed by atoms with Crippen LogP contribution < -0.4 is 10.6 Å². The highest BCUT2D eigenvalue weighted by Crippen LogP contribution is 2.19. The molecule has 1 rings (SSSR count). The Hall–Kier alpha value is -0.760. The summed E-state index contributed by atoms with van der Waals surface area (Å²) < 4.78 is 30.1. The Labute approximate surface area is 113 Å². The van der Waals surface area contributed by atoms with Crippen molar-refractivity contribution in [1.29, 1.82) is 0 Å². The van der Waals surface area contributed by atoms with E-state index in [9.17, 15) is 8.42 Å². The topological polar surface area (TPSA) is 82.9 Å². The minimum Gasteiger partial charge on any atom is -0.362 e. The fraction of sp³-hybridized carbons (Fsp3) is 0.800. The zero-order chi connectivity index (χ0) is 14.2. The SMILES string of the molecule is CSC(C)(C)NC1=NS(=O)(=O)N=C1NC(C)(C)C. The van der Waals surface area contributed by atoms with E-state index in [2.05, 4.69) is 19.4 Å². The van der Waals surface area contributed by atoms with Crippen LogP contribution in [0.15, 0.2) is 8.80 Å². The summed E-state index contributed by atoms with van der Waals surface area (Å²) in [7, 11) is -3.76. The Morgan fingerprint density at radius 1 is 1.00 bits per heavy atom. The quantitative estimate of drug-likeness (QED) is 0.745. The highest BCUT2D eigenvalue weighted by Gasteiger charge is 2.30. The van der Waals surface area contributed by atoms with Crippen molar-refractivity contribution >= 4 is 33.6 Å². The molecule has 0 fully saturated rings. The molecule has 18 heavy (non-hydrogen) atoms. The van der Waals surface area contributed by atoms with Crippen LogP contribution in [-0.4, -0.2) is 36.8 Å². The smallest absolute Gasteiger partial charge is 0.362 e. The van der Waals surface area contributed by atoms with E-state index in [-0.39, 0.29) is 22.1 Å². The van der Waals surface area contributed by atoms with Crippen LogP contribution in [0.25, 0.3) is 0 Å². The number of hydrogen-bond acceptors (Lipinski definition) is 5. The van der Waals surface area contributed by atoms with Gasteiger partial charge in [-0.1, -0.05) is 0 Å². The second-order valence-electron chi connectivity index (χ2n) is 5.54. The largest absolute Gasteiger partial charge is 0.367 e. The molecule has 0 spiro atoms. The number of nitrogens with zero attached hydrogens (tertiary/aromatic N) is 2. The molecule has 6 nitrogen and oxygen atoms in total. The van der Waals surface area contributed by atoms with Gasteiger partial charge >= 0.3 is 10.2 Å². The van der Waals surface area contributed by atoms with Gasteiger partial charge in [0, 0.05) is 5.54 Å². The zero-order valence-corrected chi connectivity index (χ0v) is 13.2. The monoisotopic (exact) mass is 292 g/mol. The minimum atomic E-state index is -3.76. The number of rotatable bonds is 2. The summed E-state index contributed by atoms with van der Waals surface area (Å²) in [5.41, 5.74) is -0.287. The van der Waals surface area contributed by atoms with Gasteiger partial charge in [0.2, 0.25) is 0 Å². The zero-order valence-electron chi connectivity index (χ0n) is 11.5. The molecule has 0 amide bonds. The molecule has 0 aliphatic carbocycles. The molecule has 0 unspecified atom stereocenters. The van der Waals surface area contributed by atoms with E-state index in [1.54, 1.807) is 11.8 Å². The van der Waals surface area contributed by atoms with Crippen molar-refractivity contribution in [1.82, 2.24) is 10.6 Å². The van der Waals surface area contributed by atoms with Gasteiger partial charge in [-0.15, -0.1) is 20.6 Å². The second kappa shape index (κ2) is 4.73. The van der Waals surface area contributed by atoms with Crippen LogP contribution >= 0.6 is 11.8 Å². The van der Waals surface area contributed by atoms with Gasteiger partial charge in [-0.25, -0.2) is 0 Å². The molecular weight excluding hydrogens is 272 g/mol. The lowest BCUT2D eigenvalue weighted by molar-refractivity contribution is 0.513. The number of thioether (sulfide) groups is 1. The molecule has 0 bridgehead atoms. The predicted octanol–water partition coefficient (Wildman–Crippen LogP) is 1.12. The van der Waals surface area contributed by atoms with Gasteiger partial charge in [0.15, 0.2) is 11.7 Å². The molecule has 8 heteroatoms. The Kier molecular flexibility index (Phi) is 4.02. The molecule has 0 saturated carbocycles. The predicted molar refractivity (Wildman–Crippen MR) is 77.4 cm³/mol. The number of amidine groups is 2. The van der Waals surface area contributed by atoms with Crippen molar-refractivity contribution in [3.63, 3.8) is 0 Å². The van der Waals surface area contributed by atoms with E-state index in [1.807, 2.05) is 40.9 Å². The summed E-state index contributed by atoms with van der Waals surface area (Å²) in [6.45, 7) is 9.67. The van der Waals surface area contributed by atoms with Gasteiger partial charge in [-0.3, -0.25) is 0 Å². The Bertz CT molecular complexity index is 486. The molecular formula is C10H20N4O2S2. The van der Waals surface area contributed by atoms with Gasteiger partial charge in [0.05, 0.1) is 4.87 Å². The molecule has 1 heterocycles. The molecule has 1 aliphatic heterocycles. The van der Waals surface area contributed by atoms with Crippen molar-refractivity contribution in [3.05, 3.63) is 0 Å². The van der Waals surface area contributed by atoms with E-state index >= 15 is 0 Å². The van der Waals surface area contributed by atoms with Crippen LogP contribution in [0.1, 0.15) is 34.6 Å². The Balaban J connectivity index is 3.00. The molecule has 0 aromatic carbocycles. The Morgan fingerprint density at radius 2 is 1.44 bits per heavy atom. The average Bonchev–Trinajstić information content (AvgIpc) is 2.37. The molecule has 2 N–H and O–H groups in total. The maximum Gasteiger partial charge on any atom is 0.367 e. The second-order valence-corrected chi connectivity index (χ2v) is 8.23. The average molecular weight is 292 g/mol. The molecule has 0 saturated heterocycles. The molecule has 1 aliphatic rings. The summed E-state index contributed by atoms with van der Waals surface area (Å²) in [4.78, 5) is -0.320. The van der Waals surface area contributed by atoms with E-state index in [4.69, 9.17) is 0 Å². The summed E-state index contributed by atoms with van der Waals surface area (Å²) >= 11 is 1.56. The first-order chi connectivity index (χ1) is 7.94. The third-order valence-electron chi connectivity index (χ3n) is 2.06. The summed E-state index contributed by atoms with van der Waals surface area (Å²) in [6, 6.07) is 0. The van der Waals surface area contributed by atoms with Crippen molar-refractivity contribution in [2.45, 2.75) is 45.0 Å². The lowest BCUT2D eigenvalue weighted by Gasteiger charge is -2.27. The molecule has 0 aromatic rings. The minimum absolute atomic E-state index is 0.268. The standard InChI is InChI=1S/C10H20N4O2S2/c1-9(2,3)11-7-8(12-10(4,5)17-6)14-18(15,16)13-7/h1-6H3,(H,11,13)(H,12,14). The van der Waals surface area contributed by atoms with Gasteiger partial charge in [0.1, 0.15) is 0 Å². The lowest BCUT2D eigenvalue weighted by Crippen LogP contribution is -2.51. The first-order valence-electron chi connectivity index (χ1n) is 5.51. The molecule has 104 valence electrons. The maximum absolute atomic E-state index is 11.4. The lowest BCUT2D eigenvalue weighted by atomic mass is 10.1. The molecule has 0 atom stereocenters. The van der Waals surface area contributed by atoms with Crippen LogP contribution in [-0.2, 0) is 10.2 Å². The van der Waals surface area contributed by atoms with Crippen molar-refractivity contribution in [2.24, 2.45) is 8.80 Å². The van der Waals surface area contributed by atoms with E-state index in [0.29, 0.717) is 0 Å². The highest BCUT2D eigenvalue weighted by molar-refractivity contribution is 7.99. The summed E-state index contributed by atoms with van der Waals surface area (Å²) in [5, 5.41) is 6.11. The normalized spacial score (nSPS) is 19.2. The van der Waals surface area contributed by atoms with Gasteiger partial charge < -0.3 is 10.6 Å². The third kappa shape index (κ3) is 4.49. The number of hydrogen-bond donors (Lipinski definition) is 2. The van der Waals surface area contributed by atoms with Crippen LogP contribution in [0.2, 0.25) is 0 Å². The van der Waals surface area contributed by atoms with Gasteiger partial charge in [-0.05, 0) is 40.9 Å². The molecule has 0 aromatic heterocycles. The van der Waals surface area contributed by atoms with E-state index < -0.39 is 10.2 Å². The first-order valence-corrected chi connectivity index (χ1v) is 8.13. The van der Waals surface area contributed by atoms with Crippen LogP contribution in [0, 0.1) is 0 Å².